The van der Waals surface area contributed by atoms with Gasteiger partial charge in [-0.15, -0.1) is 0 Å². The van der Waals surface area contributed by atoms with Crippen molar-refractivity contribution in [3.63, 3.8) is 0 Å². The number of aryl methyl sites for hydroxylation is 1. The molecule has 0 unspecified atom stereocenters. The lowest BCUT2D eigenvalue weighted by molar-refractivity contribution is -0.384. The van der Waals surface area contributed by atoms with Gasteiger partial charge >= 0.3 is 0 Å². The maximum atomic E-state index is 13.2. The molecule has 4 rings (SSSR count). The van der Waals surface area contributed by atoms with Gasteiger partial charge in [0, 0.05) is 43.0 Å². The summed E-state index contributed by atoms with van der Waals surface area (Å²) in [6.07, 6.45) is 2.60. The van der Waals surface area contributed by atoms with Crippen LogP contribution in [0.25, 0.3) is 6.08 Å². The molecule has 2 aromatic rings. The number of nitro benzene ring substituents is 1. The van der Waals surface area contributed by atoms with Crippen LogP contribution in [0.5, 0.6) is 0 Å². The zero-order valence-corrected chi connectivity index (χ0v) is 19.5. The number of likely N-dealkylation sites (N-methyl/N-ethyl adjacent to an activating group) is 1. The van der Waals surface area contributed by atoms with E-state index in [4.69, 9.17) is 9.73 Å². The number of nitro groups is 1. The number of hydrogen-bond acceptors (Lipinski definition) is 7. The topological polar surface area (TPSA) is 88.3 Å². The molecule has 2 aromatic carbocycles. The van der Waals surface area contributed by atoms with Gasteiger partial charge in [-0.3, -0.25) is 19.8 Å². The number of hydrogen-bond donors (Lipinski definition) is 0. The van der Waals surface area contributed by atoms with Gasteiger partial charge in [0.25, 0.3) is 11.6 Å². The van der Waals surface area contributed by atoms with Crippen molar-refractivity contribution >= 4 is 46.0 Å². The highest BCUT2D eigenvalue weighted by Crippen LogP contribution is 2.37. The molecule has 2 saturated heterocycles. The number of morpholine rings is 1. The van der Waals surface area contributed by atoms with Crippen LogP contribution in [-0.4, -0.2) is 53.7 Å². The molecule has 2 aliphatic rings. The Balaban J connectivity index is 1.74. The van der Waals surface area contributed by atoms with Crippen LogP contribution in [0.3, 0.4) is 0 Å². The smallest absolute Gasteiger partial charge is 0.270 e. The van der Waals surface area contributed by atoms with E-state index in [0.29, 0.717) is 48.5 Å². The third kappa shape index (κ3) is 4.94. The van der Waals surface area contributed by atoms with Crippen LogP contribution >= 0.6 is 11.8 Å². The molecule has 2 fully saturated rings. The summed E-state index contributed by atoms with van der Waals surface area (Å²) in [4.78, 5) is 33.3. The molecule has 0 radical (unpaired) electrons. The molecule has 8 nitrogen and oxygen atoms in total. The number of ether oxygens (including phenoxy) is 1. The zero-order chi connectivity index (χ0) is 23.4. The first-order valence-corrected chi connectivity index (χ1v) is 11.8. The van der Waals surface area contributed by atoms with Crippen molar-refractivity contribution < 1.29 is 14.5 Å². The Morgan fingerprint density at radius 3 is 2.64 bits per heavy atom. The van der Waals surface area contributed by atoms with E-state index in [1.807, 2.05) is 31.2 Å². The monoisotopic (exact) mass is 466 g/mol. The van der Waals surface area contributed by atoms with Gasteiger partial charge in [0.15, 0.2) is 5.17 Å². The fourth-order valence-corrected chi connectivity index (χ4v) is 4.94. The van der Waals surface area contributed by atoms with Crippen LogP contribution in [-0.2, 0) is 16.0 Å². The van der Waals surface area contributed by atoms with Gasteiger partial charge < -0.3 is 9.64 Å². The Bertz CT molecular complexity index is 1130. The van der Waals surface area contributed by atoms with E-state index in [2.05, 4.69) is 11.8 Å². The number of benzene rings is 2. The van der Waals surface area contributed by atoms with Crippen LogP contribution in [0.2, 0.25) is 0 Å². The van der Waals surface area contributed by atoms with E-state index in [1.54, 1.807) is 17.0 Å². The quantitative estimate of drug-likeness (QED) is 0.351. The maximum absolute atomic E-state index is 13.2. The average molecular weight is 467 g/mol. The summed E-state index contributed by atoms with van der Waals surface area (Å²) >= 11 is 1.30. The number of amidine groups is 1. The summed E-state index contributed by atoms with van der Waals surface area (Å²) in [5.74, 6) is -0.144. The van der Waals surface area contributed by atoms with Crippen LogP contribution in [0.15, 0.2) is 52.4 Å². The number of carbonyl (C=O) groups excluding carboxylic acids is 1. The number of amides is 1. The molecule has 172 valence electrons. The number of aliphatic imine (C=N–C) groups is 1. The van der Waals surface area contributed by atoms with E-state index in [0.717, 1.165) is 23.4 Å². The van der Waals surface area contributed by atoms with Crippen molar-refractivity contribution in [2.24, 2.45) is 4.99 Å². The summed E-state index contributed by atoms with van der Waals surface area (Å²) in [5, 5.41) is 12.0. The lowest BCUT2D eigenvalue weighted by Gasteiger charge is -2.30. The predicted octanol–water partition coefficient (Wildman–Crippen LogP) is 4.62. The van der Waals surface area contributed by atoms with Crippen molar-refractivity contribution in [3.8, 4) is 0 Å². The summed E-state index contributed by atoms with van der Waals surface area (Å²) in [7, 11) is 0. The van der Waals surface area contributed by atoms with E-state index in [-0.39, 0.29) is 11.6 Å². The number of thioether (sulfide) groups is 1. The number of nitrogens with zero attached hydrogens (tertiary/aromatic N) is 4. The van der Waals surface area contributed by atoms with Gasteiger partial charge in [0.1, 0.15) is 0 Å². The minimum atomic E-state index is -0.415. The first-order valence-electron chi connectivity index (χ1n) is 11.0. The molecule has 0 N–H and O–H groups in total. The van der Waals surface area contributed by atoms with Gasteiger partial charge in [-0.05, 0) is 48.9 Å². The van der Waals surface area contributed by atoms with E-state index in [9.17, 15) is 14.9 Å². The molecule has 0 bridgehead atoms. The lowest BCUT2D eigenvalue weighted by atomic mass is 10.1. The fraction of sp³-hybridized carbons (Fsp3) is 0.333. The van der Waals surface area contributed by atoms with Gasteiger partial charge in [0.05, 0.1) is 28.7 Å². The normalized spacial score (nSPS) is 19.0. The Morgan fingerprint density at radius 2 is 1.94 bits per heavy atom. The third-order valence-corrected chi connectivity index (χ3v) is 6.66. The molecule has 0 saturated carbocycles. The van der Waals surface area contributed by atoms with Crippen molar-refractivity contribution in [1.29, 1.82) is 0 Å². The van der Waals surface area contributed by atoms with Crippen molar-refractivity contribution in [1.82, 2.24) is 4.90 Å². The van der Waals surface area contributed by atoms with Gasteiger partial charge in [0.2, 0.25) is 0 Å². The third-order valence-electron chi connectivity index (χ3n) is 5.65. The molecule has 33 heavy (non-hydrogen) atoms. The van der Waals surface area contributed by atoms with E-state index >= 15 is 0 Å². The summed E-state index contributed by atoms with van der Waals surface area (Å²) in [6.45, 7) is 7.05. The Labute approximate surface area is 197 Å². The zero-order valence-electron chi connectivity index (χ0n) is 18.7. The van der Waals surface area contributed by atoms with E-state index in [1.165, 1.54) is 23.9 Å². The molecule has 0 aliphatic carbocycles. The second-order valence-electron chi connectivity index (χ2n) is 7.64. The van der Waals surface area contributed by atoms with Crippen LogP contribution < -0.4 is 4.90 Å². The maximum Gasteiger partial charge on any atom is 0.270 e. The molecule has 2 heterocycles. The van der Waals surface area contributed by atoms with Crippen molar-refractivity contribution in [3.05, 3.63) is 68.6 Å². The number of rotatable bonds is 6. The molecule has 2 aliphatic heterocycles. The highest BCUT2D eigenvalue weighted by molar-refractivity contribution is 8.18. The average Bonchev–Trinajstić information content (AvgIpc) is 3.13. The summed E-state index contributed by atoms with van der Waals surface area (Å²) in [6, 6.07) is 12.7. The Hall–Kier alpha value is -3.17. The second kappa shape index (κ2) is 10.2. The van der Waals surface area contributed by atoms with Crippen LogP contribution in [0.4, 0.5) is 17.1 Å². The van der Waals surface area contributed by atoms with Crippen molar-refractivity contribution in [2.75, 3.05) is 37.7 Å². The molecule has 0 spiro atoms. The Morgan fingerprint density at radius 1 is 1.18 bits per heavy atom. The molecular formula is C24H26N4O4S. The molecule has 0 aromatic heterocycles. The molecule has 0 atom stereocenters. The largest absolute Gasteiger partial charge is 0.378 e. The summed E-state index contributed by atoms with van der Waals surface area (Å²) < 4.78 is 5.45. The highest BCUT2D eigenvalue weighted by atomic mass is 32.2. The number of non-ortho nitro benzene ring substituents is 1. The minimum Gasteiger partial charge on any atom is -0.378 e. The summed E-state index contributed by atoms with van der Waals surface area (Å²) in [5.41, 5.74) is 3.45. The molecule has 1 amide bonds. The fourth-order valence-electron chi connectivity index (χ4n) is 3.90. The molecule has 9 heteroatoms. The SMILES string of the molecule is CCc1ccccc1N=C1S/C(=C/c2cc([N+](=O)[O-])ccc2N2CCOCC2)C(=O)N1CC. The lowest BCUT2D eigenvalue weighted by Crippen LogP contribution is -2.36. The van der Waals surface area contributed by atoms with E-state index < -0.39 is 4.92 Å². The number of para-hydroxylation sites is 1. The second-order valence-corrected chi connectivity index (χ2v) is 8.65. The van der Waals surface area contributed by atoms with Gasteiger partial charge in [-0.2, -0.15) is 0 Å². The highest BCUT2D eigenvalue weighted by Gasteiger charge is 2.33. The van der Waals surface area contributed by atoms with Gasteiger partial charge in [-0.1, -0.05) is 25.1 Å². The number of carbonyl (C=O) groups is 1. The first-order chi connectivity index (χ1) is 16.0. The first kappa shape index (κ1) is 23.0. The Kier molecular flexibility index (Phi) is 7.10. The van der Waals surface area contributed by atoms with Crippen LogP contribution in [0.1, 0.15) is 25.0 Å². The van der Waals surface area contributed by atoms with Crippen molar-refractivity contribution in [2.45, 2.75) is 20.3 Å². The predicted molar refractivity (Wildman–Crippen MR) is 132 cm³/mol. The molecular weight excluding hydrogens is 440 g/mol. The van der Waals surface area contributed by atoms with Gasteiger partial charge in [-0.25, -0.2) is 4.99 Å². The number of anilines is 1. The minimum absolute atomic E-state index is 0.00702. The van der Waals surface area contributed by atoms with Crippen LogP contribution in [0, 0.1) is 10.1 Å². The standard InChI is InChI=1S/C24H26N4O4S/c1-3-17-7-5-6-8-20(17)25-24-27(4-2)23(29)22(33-24)16-18-15-19(28(30)31)9-10-21(18)26-11-13-32-14-12-26/h5-10,15-16H,3-4,11-14H2,1-2H3/b22-16+,25-24?.